The third-order valence-electron chi connectivity index (χ3n) is 5.96. The lowest BCUT2D eigenvalue weighted by Crippen LogP contribution is -2.34. The summed E-state index contributed by atoms with van der Waals surface area (Å²) in [7, 11) is 0. The van der Waals surface area contributed by atoms with Crippen LogP contribution in [0, 0.1) is 0 Å². The van der Waals surface area contributed by atoms with E-state index >= 15 is 0 Å². The molecule has 2 atom stereocenters. The van der Waals surface area contributed by atoms with E-state index in [-0.39, 0.29) is 6.10 Å². The Kier molecular flexibility index (Phi) is 6.84. The van der Waals surface area contributed by atoms with Crippen molar-refractivity contribution in [3.63, 3.8) is 0 Å². The van der Waals surface area contributed by atoms with E-state index in [4.69, 9.17) is 37.4 Å². The summed E-state index contributed by atoms with van der Waals surface area (Å²) in [5.41, 5.74) is 2.87. The van der Waals surface area contributed by atoms with Crippen molar-refractivity contribution in [1.82, 2.24) is 19.1 Å². The summed E-state index contributed by atoms with van der Waals surface area (Å²) in [5.74, 6) is -0.320. The molecule has 0 amide bonds. The normalized spacial score (nSPS) is 20.0. The zero-order valence-corrected chi connectivity index (χ0v) is 21.0. The second-order valence-corrected chi connectivity index (χ2v) is 9.62. The smallest absolute Gasteiger partial charge is 0.215 e. The van der Waals surface area contributed by atoms with Gasteiger partial charge in [0.05, 0.1) is 42.7 Å². The van der Waals surface area contributed by atoms with Crippen LogP contribution in [0.3, 0.4) is 0 Å². The van der Waals surface area contributed by atoms with Gasteiger partial charge in [0.2, 0.25) is 5.79 Å². The molecule has 4 aromatic rings. The molecule has 5 rings (SSSR count). The van der Waals surface area contributed by atoms with Gasteiger partial charge in [0, 0.05) is 34.6 Å². The van der Waals surface area contributed by atoms with E-state index in [0.29, 0.717) is 41.4 Å². The molecule has 0 N–H and O–H groups in total. The summed E-state index contributed by atoms with van der Waals surface area (Å²) >= 11 is 12.7. The minimum atomic E-state index is -1.07. The van der Waals surface area contributed by atoms with Crippen LogP contribution in [-0.4, -0.2) is 38.4 Å². The van der Waals surface area contributed by atoms with Gasteiger partial charge >= 0.3 is 0 Å². The van der Waals surface area contributed by atoms with Gasteiger partial charge in [-0.05, 0) is 50.2 Å². The van der Waals surface area contributed by atoms with Crippen LogP contribution >= 0.6 is 23.2 Å². The molecule has 0 saturated carbocycles. The van der Waals surface area contributed by atoms with Crippen LogP contribution in [0.5, 0.6) is 5.75 Å². The van der Waals surface area contributed by atoms with E-state index in [2.05, 4.69) is 28.4 Å². The molecule has 2 aromatic carbocycles. The summed E-state index contributed by atoms with van der Waals surface area (Å²) in [6.07, 6.45) is 8.73. The van der Waals surface area contributed by atoms with Crippen molar-refractivity contribution in [3.05, 3.63) is 89.3 Å². The molecule has 0 aliphatic carbocycles. The molecule has 182 valence electrons. The monoisotopic (exact) mass is 512 g/mol. The Balaban J connectivity index is 1.29. The number of nitrogens with zero attached hydrogens (tertiary/aromatic N) is 4. The number of rotatable bonds is 8. The molecule has 9 heteroatoms. The highest BCUT2D eigenvalue weighted by Gasteiger charge is 2.45. The fourth-order valence-corrected chi connectivity index (χ4v) is 4.78. The quantitative estimate of drug-likeness (QED) is 0.290. The second kappa shape index (κ2) is 10.0. The van der Waals surface area contributed by atoms with Crippen LogP contribution in [0.15, 0.2) is 73.7 Å². The fourth-order valence-electron chi connectivity index (χ4n) is 4.23. The van der Waals surface area contributed by atoms with Gasteiger partial charge in [-0.3, -0.25) is 0 Å². The molecule has 3 heterocycles. The summed E-state index contributed by atoms with van der Waals surface area (Å²) in [4.78, 5) is 8.41. The Bertz CT molecular complexity index is 1270. The van der Waals surface area contributed by atoms with E-state index < -0.39 is 5.79 Å². The maximum Gasteiger partial charge on any atom is 0.215 e. The topological polar surface area (TPSA) is 63.3 Å². The number of aromatic nitrogens is 4. The van der Waals surface area contributed by atoms with Crippen molar-refractivity contribution >= 4 is 23.2 Å². The summed E-state index contributed by atoms with van der Waals surface area (Å²) in [6.45, 7) is 5.36. The van der Waals surface area contributed by atoms with Crippen LogP contribution in [0.2, 0.25) is 10.0 Å². The molecule has 1 aliphatic rings. The van der Waals surface area contributed by atoms with Gasteiger partial charge in [-0.1, -0.05) is 29.3 Å². The number of halogens is 2. The molecule has 1 fully saturated rings. The highest BCUT2D eigenvalue weighted by atomic mass is 35.5. The Hall–Kier alpha value is -2.84. The molecule has 1 saturated heterocycles. The van der Waals surface area contributed by atoms with Crippen LogP contribution in [-0.2, 0) is 21.8 Å². The molecule has 1 aliphatic heterocycles. The number of imidazole rings is 2. The summed E-state index contributed by atoms with van der Waals surface area (Å²) < 4.78 is 22.8. The number of hydrogen-bond donors (Lipinski definition) is 0. The maximum absolute atomic E-state index is 6.54. The first-order valence-corrected chi connectivity index (χ1v) is 12.2. The van der Waals surface area contributed by atoms with E-state index in [1.54, 1.807) is 24.7 Å². The standard InChI is InChI=1S/C26H26Cl2N4O3/c1-18(2)32-17-30-12-25(32)19-3-6-21(7-4-19)33-13-22-14-34-26(35-22,15-31-10-9-29-16-31)23-8-5-20(27)11-24(23)28/h3-12,16-18,22H,13-15H2,1-2H3. The molecule has 2 aromatic heterocycles. The molecular weight excluding hydrogens is 487 g/mol. The lowest BCUT2D eigenvalue weighted by atomic mass is 10.1. The first-order chi connectivity index (χ1) is 16.9. The molecule has 2 unspecified atom stereocenters. The zero-order chi connectivity index (χ0) is 24.4. The largest absolute Gasteiger partial charge is 0.491 e. The highest BCUT2D eigenvalue weighted by Crippen LogP contribution is 2.40. The Labute approximate surface area is 214 Å². The fraction of sp³-hybridized carbons (Fsp3) is 0.308. The number of ether oxygens (including phenoxy) is 3. The minimum Gasteiger partial charge on any atom is -0.491 e. The molecule has 0 spiro atoms. The second-order valence-electron chi connectivity index (χ2n) is 8.78. The SMILES string of the molecule is CC(C)n1cncc1-c1ccc(OCC2COC(Cn3ccnc3)(c3ccc(Cl)cc3Cl)O2)cc1. The van der Waals surface area contributed by atoms with Gasteiger partial charge < -0.3 is 23.3 Å². The first-order valence-electron chi connectivity index (χ1n) is 11.4. The Morgan fingerprint density at radius 3 is 2.66 bits per heavy atom. The average Bonchev–Trinajstić information content (AvgIpc) is 3.60. The van der Waals surface area contributed by atoms with Crippen molar-refractivity contribution in [2.24, 2.45) is 0 Å². The van der Waals surface area contributed by atoms with Gasteiger partial charge in [-0.15, -0.1) is 0 Å². The predicted octanol–water partition coefficient (Wildman–Crippen LogP) is 5.98. The van der Waals surface area contributed by atoms with Crippen LogP contribution in [0.4, 0.5) is 0 Å². The third-order valence-corrected chi connectivity index (χ3v) is 6.51. The first kappa shape index (κ1) is 23.9. The Morgan fingerprint density at radius 1 is 1.11 bits per heavy atom. The third kappa shape index (κ3) is 5.09. The van der Waals surface area contributed by atoms with Crippen molar-refractivity contribution in [2.75, 3.05) is 13.2 Å². The Morgan fingerprint density at radius 2 is 1.94 bits per heavy atom. The van der Waals surface area contributed by atoms with Crippen molar-refractivity contribution in [2.45, 2.75) is 38.3 Å². The van der Waals surface area contributed by atoms with Crippen LogP contribution in [0.25, 0.3) is 11.3 Å². The summed E-state index contributed by atoms with van der Waals surface area (Å²) in [6, 6.07) is 13.6. The van der Waals surface area contributed by atoms with Gasteiger partial charge in [-0.2, -0.15) is 0 Å². The average molecular weight is 513 g/mol. The van der Waals surface area contributed by atoms with Crippen LogP contribution < -0.4 is 4.74 Å². The van der Waals surface area contributed by atoms with Crippen LogP contribution in [0.1, 0.15) is 25.5 Å². The van der Waals surface area contributed by atoms with Gasteiger partial charge in [0.25, 0.3) is 0 Å². The molecule has 0 bridgehead atoms. The molecule has 0 radical (unpaired) electrons. The van der Waals surface area contributed by atoms with Gasteiger partial charge in [0.15, 0.2) is 0 Å². The van der Waals surface area contributed by atoms with E-state index in [9.17, 15) is 0 Å². The summed E-state index contributed by atoms with van der Waals surface area (Å²) in [5, 5.41) is 1.03. The number of benzene rings is 2. The van der Waals surface area contributed by atoms with Crippen molar-refractivity contribution in [1.29, 1.82) is 0 Å². The van der Waals surface area contributed by atoms with Gasteiger partial charge in [-0.25, -0.2) is 9.97 Å². The number of hydrogen-bond acceptors (Lipinski definition) is 5. The highest BCUT2D eigenvalue weighted by molar-refractivity contribution is 6.35. The van der Waals surface area contributed by atoms with Crippen molar-refractivity contribution < 1.29 is 14.2 Å². The zero-order valence-electron chi connectivity index (χ0n) is 19.5. The lowest BCUT2D eigenvalue weighted by molar-refractivity contribution is -0.189. The lowest BCUT2D eigenvalue weighted by Gasteiger charge is -2.30. The maximum atomic E-state index is 6.54. The minimum absolute atomic E-state index is 0.285. The molecular formula is C26H26Cl2N4O3. The van der Waals surface area contributed by atoms with E-state index in [1.165, 1.54) is 0 Å². The molecule has 7 nitrogen and oxygen atoms in total. The van der Waals surface area contributed by atoms with E-state index in [0.717, 1.165) is 17.0 Å². The van der Waals surface area contributed by atoms with E-state index in [1.807, 2.05) is 53.6 Å². The van der Waals surface area contributed by atoms with Crippen molar-refractivity contribution in [3.8, 4) is 17.0 Å². The van der Waals surface area contributed by atoms with Gasteiger partial charge in [0.1, 0.15) is 18.5 Å². The predicted molar refractivity (Wildman–Crippen MR) is 135 cm³/mol. The molecule has 35 heavy (non-hydrogen) atoms.